The fraction of sp³-hybridized carbons (Fsp3) is 0.250. The maximum Gasteiger partial charge on any atom is 0.264 e. The molecule has 1 unspecified atom stereocenters. The minimum Gasteiger partial charge on any atom is -0.394 e. The van der Waals surface area contributed by atoms with Crippen LogP contribution in [0.1, 0.15) is 12.5 Å². The smallest absolute Gasteiger partial charge is 0.264 e. The predicted octanol–water partition coefficient (Wildman–Crippen LogP) is 3.96. The summed E-state index contributed by atoms with van der Waals surface area (Å²) in [5, 5.41) is 20.2. The van der Waals surface area contributed by atoms with Crippen molar-refractivity contribution in [1.82, 2.24) is 5.32 Å². The quantitative estimate of drug-likeness (QED) is 0.348. The number of hydrogen-bond acceptors (Lipinski definition) is 5. The molecular weight excluding hydrogens is 398 g/mol. The van der Waals surface area contributed by atoms with E-state index >= 15 is 0 Å². The van der Waals surface area contributed by atoms with E-state index in [-0.39, 0.29) is 13.2 Å². The molecule has 2 N–H and O–H groups in total. The van der Waals surface area contributed by atoms with Gasteiger partial charge in [0.15, 0.2) is 0 Å². The minimum absolute atomic E-state index is 0.131. The van der Waals surface area contributed by atoms with Crippen molar-refractivity contribution in [3.05, 3.63) is 72.3 Å². The molecule has 0 aromatic heterocycles. The normalized spacial score (nSPS) is 14.4. The molecule has 6 heteroatoms. The molecule has 0 saturated carbocycles. The van der Waals surface area contributed by atoms with Gasteiger partial charge in [-0.05, 0) is 50.9 Å². The Balaban J connectivity index is 1.62. The van der Waals surface area contributed by atoms with Gasteiger partial charge in [0.1, 0.15) is 0 Å². The third kappa shape index (κ3) is 4.32. The van der Waals surface area contributed by atoms with Gasteiger partial charge in [0, 0.05) is 6.54 Å². The van der Waals surface area contributed by atoms with Crippen molar-refractivity contribution < 1.29 is 17.7 Å². The highest BCUT2D eigenvalue weighted by Crippen LogP contribution is 2.31. The fourth-order valence-electron chi connectivity index (χ4n) is 3.69. The van der Waals surface area contributed by atoms with Crippen molar-refractivity contribution in [3.8, 4) is 0 Å². The van der Waals surface area contributed by atoms with E-state index in [4.69, 9.17) is 4.18 Å². The average Bonchev–Trinajstić information content (AvgIpc) is 2.75. The molecule has 0 aliphatic rings. The highest BCUT2D eigenvalue weighted by molar-refractivity contribution is 7.85. The summed E-state index contributed by atoms with van der Waals surface area (Å²) < 4.78 is 27.4. The molecule has 0 fully saturated rings. The van der Waals surface area contributed by atoms with Crippen molar-refractivity contribution in [3.63, 3.8) is 0 Å². The number of hydrogen-bond donors (Lipinski definition) is 2. The summed E-state index contributed by atoms with van der Waals surface area (Å²) in [4.78, 5) is 0. The molecule has 0 saturated heterocycles. The first-order valence-electron chi connectivity index (χ1n) is 9.81. The molecule has 0 bridgehead atoms. The van der Waals surface area contributed by atoms with Gasteiger partial charge in [0.2, 0.25) is 0 Å². The molecule has 0 aliphatic heterocycles. The zero-order valence-electron chi connectivity index (χ0n) is 17.1. The Bertz CT molecular complexity index is 1330. The molecule has 0 aliphatic carbocycles. The first-order chi connectivity index (χ1) is 14.3. The molecule has 4 rings (SSSR count). The van der Waals surface area contributed by atoms with E-state index in [0.29, 0.717) is 6.54 Å². The van der Waals surface area contributed by atoms with Crippen LogP contribution in [0.4, 0.5) is 0 Å². The largest absolute Gasteiger partial charge is 0.394 e. The Hall–Kier alpha value is -2.51. The van der Waals surface area contributed by atoms with E-state index in [1.165, 1.54) is 26.9 Å². The fourth-order valence-corrected chi connectivity index (χ4v) is 4.17. The van der Waals surface area contributed by atoms with Crippen LogP contribution in [0.5, 0.6) is 0 Å². The molecule has 4 aromatic rings. The molecule has 0 radical (unpaired) electrons. The molecule has 5 nitrogen and oxygen atoms in total. The van der Waals surface area contributed by atoms with Gasteiger partial charge in [-0.3, -0.25) is 4.18 Å². The van der Waals surface area contributed by atoms with Gasteiger partial charge in [-0.1, -0.05) is 60.7 Å². The Labute approximate surface area is 176 Å². The summed E-state index contributed by atoms with van der Waals surface area (Å²) in [5.41, 5.74) is 0.182. The van der Waals surface area contributed by atoms with E-state index in [1.807, 2.05) is 0 Å². The standard InChI is InChI=1S/C24H25NO4S/c1-24(15-26,16-29-30(2,27)28)25-14-17-7-10-21-19(13-17)9-12-22-20-6-4-3-5-18(20)8-11-23(21)22/h3-13,25-26H,14-16H2,1-2H3. The summed E-state index contributed by atoms with van der Waals surface area (Å²) in [7, 11) is -3.57. The third-order valence-electron chi connectivity index (χ3n) is 5.47. The lowest BCUT2D eigenvalue weighted by atomic mass is 9.96. The lowest BCUT2D eigenvalue weighted by Crippen LogP contribution is -2.49. The number of benzene rings is 4. The Morgan fingerprint density at radius 2 is 1.53 bits per heavy atom. The van der Waals surface area contributed by atoms with Crippen LogP contribution in [-0.4, -0.2) is 38.5 Å². The zero-order chi connectivity index (χ0) is 21.4. The number of nitrogens with one attached hydrogen (secondary N) is 1. The molecular formula is C24H25NO4S. The van der Waals surface area contributed by atoms with Gasteiger partial charge < -0.3 is 10.4 Å². The van der Waals surface area contributed by atoms with Gasteiger partial charge in [0.05, 0.1) is 25.0 Å². The Kier molecular flexibility index (Phi) is 5.51. The van der Waals surface area contributed by atoms with Crippen LogP contribution in [-0.2, 0) is 20.8 Å². The van der Waals surface area contributed by atoms with Crippen LogP contribution in [0.2, 0.25) is 0 Å². The van der Waals surface area contributed by atoms with E-state index in [2.05, 4.69) is 72.0 Å². The van der Waals surface area contributed by atoms with Crippen molar-refractivity contribution in [2.24, 2.45) is 0 Å². The van der Waals surface area contributed by atoms with Crippen molar-refractivity contribution in [2.45, 2.75) is 19.0 Å². The van der Waals surface area contributed by atoms with Crippen molar-refractivity contribution in [2.75, 3.05) is 19.5 Å². The van der Waals surface area contributed by atoms with Gasteiger partial charge in [-0.2, -0.15) is 8.42 Å². The van der Waals surface area contributed by atoms with E-state index < -0.39 is 15.7 Å². The second-order valence-corrected chi connectivity index (χ2v) is 9.69. The molecule has 4 aromatic carbocycles. The van der Waals surface area contributed by atoms with Crippen LogP contribution >= 0.6 is 0 Å². The maximum absolute atomic E-state index is 11.3. The average molecular weight is 424 g/mol. The number of aliphatic hydroxyl groups is 1. The topological polar surface area (TPSA) is 75.6 Å². The van der Waals surface area contributed by atoms with E-state index in [0.717, 1.165) is 17.2 Å². The van der Waals surface area contributed by atoms with Crippen molar-refractivity contribution in [1.29, 1.82) is 0 Å². The summed E-state index contributed by atoms with van der Waals surface area (Å²) in [6.45, 7) is 1.84. The summed E-state index contributed by atoms with van der Waals surface area (Å²) >= 11 is 0. The van der Waals surface area contributed by atoms with E-state index in [9.17, 15) is 13.5 Å². The summed E-state index contributed by atoms with van der Waals surface area (Å²) in [5.74, 6) is 0. The third-order valence-corrected chi connectivity index (χ3v) is 6.01. The van der Waals surface area contributed by atoms with Crippen LogP contribution in [0, 0.1) is 0 Å². The highest BCUT2D eigenvalue weighted by atomic mass is 32.2. The number of fused-ring (bicyclic) bond motifs is 5. The van der Waals surface area contributed by atoms with Gasteiger partial charge in [-0.25, -0.2) is 0 Å². The van der Waals surface area contributed by atoms with Crippen LogP contribution in [0.15, 0.2) is 66.7 Å². The number of aliphatic hydroxyl groups excluding tert-OH is 1. The molecule has 156 valence electrons. The molecule has 30 heavy (non-hydrogen) atoms. The predicted molar refractivity (Wildman–Crippen MR) is 122 cm³/mol. The Morgan fingerprint density at radius 1 is 0.900 bits per heavy atom. The van der Waals surface area contributed by atoms with Crippen LogP contribution in [0.25, 0.3) is 32.3 Å². The first-order valence-corrected chi connectivity index (χ1v) is 11.6. The minimum atomic E-state index is -3.57. The summed E-state index contributed by atoms with van der Waals surface area (Å²) in [6.07, 6.45) is 1.00. The maximum atomic E-state index is 11.3. The van der Waals surface area contributed by atoms with Crippen molar-refractivity contribution >= 4 is 42.4 Å². The van der Waals surface area contributed by atoms with Crippen LogP contribution < -0.4 is 5.32 Å². The second kappa shape index (κ2) is 7.96. The van der Waals surface area contributed by atoms with E-state index in [1.54, 1.807) is 6.92 Å². The highest BCUT2D eigenvalue weighted by Gasteiger charge is 2.25. The summed E-state index contributed by atoms with van der Waals surface area (Å²) in [6, 6.07) is 23.3. The van der Waals surface area contributed by atoms with Gasteiger partial charge in [-0.15, -0.1) is 0 Å². The molecule has 0 spiro atoms. The first kappa shape index (κ1) is 20.8. The SMILES string of the molecule is CC(CO)(COS(C)(=O)=O)NCc1ccc2c(ccc3c4ccccc4ccc23)c1. The molecule has 0 heterocycles. The van der Waals surface area contributed by atoms with Gasteiger partial charge >= 0.3 is 0 Å². The second-order valence-electron chi connectivity index (χ2n) is 8.04. The monoisotopic (exact) mass is 423 g/mol. The Morgan fingerprint density at radius 3 is 2.23 bits per heavy atom. The lowest BCUT2D eigenvalue weighted by molar-refractivity contribution is 0.118. The zero-order valence-corrected chi connectivity index (χ0v) is 17.9. The molecule has 0 amide bonds. The van der Waals surface area contributed by atoms with Crippen LogP contribution in [0.3, 0.4) is 0 Å². The lowest BCUT2D eigenvalue weighted by Gasteiger charge is -2.28. The molecule has 1 atom stereocenters. The van der Waals surface area contributed by atoms with Gasteiger partial charge in [0.25, 0.3) is 10.1 Å². The number of rotatable bonds is 7.